The molecule has 2 heterocycles. The summed E-state index contributed by atoms with van der Waals surface area (Å²) < 4.78 is 0. The van der Waals surface area contributed by atoms with Crippen molar-refractivity contribution in [2.24, 2.45) is 0 Å². The van der Waals surface area contributed by atoms with Gasteiger partial charge in [-0.05, 0) is 72.3 Å². The van der Waals surface area contributed by atoms with Gasteiger partial charge in [-0.25, -0.2) is 4.98 Å². The van der Waals surface area contributed by atoms with Crippen LogP contribution in [0.1, 0.15) is 70.9 Å². The molecule has 1 aromatic heterocycles. The van der Waals surface area contributed by atoms with E-state index in [4.69, 9.17) is 10.1 Å². The lowest BCUT2D eigenvalue weighted by Crippen LogP contribution is -2.51. The van der Waals surface area contributed by atoms with Gasteiger partial charge in [-0.3, -0.25) is 4.90 Å². The molecule has 0 radical (unpaired) electrons. The van der Waals surface area contributed by atoms with Gasteiger partial charge in [0.15, 0.2) is 0 Å². The highest BCUT2D eigenvalue weighted by atomic mass is 16.3. The number of pyridine rings is 1. The molecule has 1 aliphatic heterocycles. The Morgan fingerprint density at radius 3 is 2.26 bits per heavy atom. The predicted molar refractivity (Wildman–Crippen MR) is 141 cm³/mol. The van der Waals surface area contributed by atoms with Gasteiger partial charge in [-0.15, -0.1) is 0 Å². The van der Waals surface area contributed by atoms with Crippen LogP contribution in [0.15, 0.2) is 36.4 Å². The summed E-state index contributed by atoms with van der Waals surface area (Å²) in [6.07, 6.45) is 5.15. The first-order valence-electron chi connectivity index (χ1n) is 13.1. The summed E-state index contributed by atoms with van der Waals surface area (Å²) in [6.45, 7) is 13.6. The van der Waals surface area contributed by atoms with Crippen molar-refractivity contribution in [2.45, 2.75) is 76.7 Å². The van der Waals surface area contributed by atoms with E-state index in [1.54, 1.807) is 0 Å². The van der Waals surface area contributed by atoms with Crippen LogP contribution in [0, 0.1) is 0 Å². The van der Waals surface area contributed by atoms with Crippen LogP contribution in [0.5, 0.6) is 0 Å². The van der Waals surface area contributed by atoms with E-state index in [1.807, 2.05) is 0 Å². The SMILES string of the molecule is CC1(C)CCC(C)(C)c2cc(-c3cccc(N4CCN(C(CO)CCCCO)CC4)n3)ccc21. The van der Waals surface area contributed by atoms with Gasteiger partial charge < -0.3 is 15.1 Å². The average molecular weight is 466 g/mol. The molecule has 0 bridgehead atoms. The number of aliphatic hydroxyl groups excluding tert-OH is 2. The minimum absolute atomic E-state index is 0.185. The summed E-state index contributed by atoms with van der Waals surface area (Å²) in [6, 6.07) is 13.6. The number of rotatable bonds is 8. The molecule has 34 heavy (non-hydrogen) atoms. The number of anilines is 1. The molecule has 186 valence electrons. The van der Waals surface area contributed by atoms with Gasteiger partial charge in [-0.1, -0.05) is 45.9 Å². The Morgan fingerprint density at radius 1 is 0.882 bits per heavy atom. The van der Waals surface area contributed by atoms with Gasteiger partial charge in [0.1, 0.15) is 5.82 Å². The van der Waals surface area contributed by atoms with Crippen molar-refractivity contribution in [3.63, 3.8) is 0 Å². The minimum Gasteiger partial charge on any atom is -0.396 e. The van der Waals surface area contributed by atoms with Crippen LogP contribution in [0.4, 0.5) is 5.82 Å². The van der Waals surface area contributed by atoms with Gasteiger partial charge in [0, 0.05) is 44.4 Å². The van der Waals surface area contributed by atoms with E-state index in [0.29, 0.717) is 0 Å². The first kappa shape index (κ1) is 25.2. The van der Waals surface area contributed by atoms with Crippen molar-refractivity contribution < 1.29 is 10.2 Å². The number of aliphatic hydroxyl groups is 2. The van der Waals surface area contributed by atoms with Crippen molar-refractivity contribution in [3.8, 4) is 11.3 Å². The zero-order chi connectivity index (χ0) is 24.3. The van der Waals surface area contributed by atoms with Crippen LogP contribution in [-0.2, 0) is 10.8 Å². The highest BCUT2D eigenvalue weighted by Gasteiger charge is 2.37. The van der Waals surface area contributed by atoms with Crippen molar-refractivity contribution in [3.05, 3.63) is 47.5 Å². The molecule has 5 nitrogen and oxygen atoms in total. The Morgan fingerprint density at radius 2 is 1.59 bits per heavy atom. The molecule has 1 aliphatic carbocycles. The Balaban J connectivity index is 1.48. The fourth-order valence-electron chi connectivity index (χ4n) is 5.71. The van der Waals surface area contributed by atoms with Crippen molar-refractivity contribution in [1.82, 2.24) is 9.88 Å². The molecule has 0 spiro atoms. The summed E-state index contributed by atoms with van der Waals surface area (Å²) in [4.78, 5) is 9.84. The first-order valence-corrected chi connectivity index (χ1v) is 13.1. The molecule has 1 unspecified atom stereocenters. The second-order valence-corrected chi connectivity index (χ2v) is 11.5. The lowest BCUT2D eigenvalue weighted by atomic mass is 9.63. The first-order chi connectivity index (χ1) is 16.2. The molecule has 2 aromatic rings. The van der Waals surface area contributed by atoms with Crippen molar-refractivity contribution in [1.29, 1.82) is 0 Å². The Bertz CT molecular complexity index is 964. The Kier molecular flexibility index (Phi) is 7.66. The monoisotopic (exact) mass is 465 g/mol. The molecule has 2 N–H and O–H groups in total. The van der Waals surface area contributed by atoms with E-state index in [9.17, 15) is 5.11 Å². The molecule has 0 amide bonds. The molecule has 4 rings (SSSR count). The van der Waals surface area contributed by atoms with Gasteiger partial charge in [0.2, 0.25) is 0 Å². The second kappa shape index (κ2) is 10.3. The number of hydrogen-bond donors (Lipinski definition) is 2. The summed E-state index contributed by atoms with van der Waals surface area (Å²) in [5.74, 6) is 1.04. The summed E-state index contributed by atoms with van der Waals surface area (Å²) in [7, 11) is 0. The number of piperazine rings is 1. The Labute approximate surface area is 205 Å². The summed E-state index contributed by atoms with van der Waals surface area (Å²) in [5, 5.41) is 18.9. The number of unbranched alkanes of at least 4 members (excludes halogenated alkanes) is 1. The third kappa shape index (κ3) is 5.32. The van der Waals surface area contributed by atoms with E-state index in [0.717, 1.165) is 57.0 Å². The normalized spacial score (nSPS) is 20.7. The number of benzene rings is 1. The summed E-state index contributed by atoms with van der Waals surface area (Å²) in [5.41, 5.74) is 5.61. The van der Waals surface area contributed by atoms with Crippen molar-refractivity contribution in [2.75, 3.05) is 44.3 Å². The quantitative estimate of drug-likeness (QED) is 0.551. The lowest BCUT2D eigenvalue weighted by Gasteiger charge is -2.42. The zero-order valence-corrected chi connectivity index (χ0v) is 21.6. The molecular weight excluding hydrogens is 422 g/mol. The standard InChI is InChI=1S/C29H43N3O2/c1-28(2)13-14-29(3,4)25-20-22(11-12-24(25)28)26-9-7-10-27(30-26)32-17-15-31(16-18-32)23(21-34)8-5-6-19-33/h7,9-12,20,23,33-34H,5-6,8,13-19,21H2,1-4H3. The van der Waals surface area contributed by atoms with E-state index in [2.05, 4.69) is 73.9 Å². The highest BCUT2D eigenvalue weighted by Crippen LogP contribution is 2.46. The molecule has 0 saturated carbocycles. The molecular formula is C29H43N3O2. The highest BCUT2D eigenvalue weighted by molar-refractivity contribution is 5.65. The van der Waals surface area contributed by atoms with E-state index < -0.39 is 0 Å². The third-order valence-electron chi connectivity index (χ3n) is 8.19. The predicted octanol–water partition coefficient (Wildman–Crippen LogP) is 4.74. The van der Waals surface area contributed by atoms with E-state index in [-0.39, 0.29) is 30.1 Å². The minimum atomic E-state index is 0.185. The number of nitrogens with zero attached hydrogens (tertiary/aromatic N) is 3. The Hall–Kier alpha value is -1.95. The number of hydrogen-bond acceptors (Lipinski definition) is 5. The molecule has 5 heteroatoms. The topological polar surface area (TPSA) is 59.8 Å². The fourth-order valence-corrected chi connectivity index (χ4v) is 5.71. The van der Waals surface area contributed by atoms with E-state index >= 15 is 0 Å². The van der Waals surface area contributed by atoms with Crippen LogP contribution in [0.2, 0.25) is 0 Å². The zero-order valence-electron chi connectivity index (χ0n) is 21.6. The van der Waals surface area contributed by atoms with Crippen molar-refractivity contribution >= 4 is 5.82 Å². The van der Waals surface area contributed by atoms with Gasteiger partial charge in [-0.2, -0.15) is 0 Å². The molecule has 2 aliphatic rings. The number of aromatic nitrogens is 1. The maximum atomic E-state index is 9.85. The van der Waals surface area contributed by atoms with Crippen LogP contribution >= 0.6 is 0 Å². The maximum absolute atomic E-state index is 9.85. The van der Waals surface area contributed by atoms with Gasteiger partial charge >= 0.3 is 0 Å². The fraction of sp³-hybridized carbons (Fsp3) is 0.621. The average Bonchev–Trinajstić information content (AvgIpc) is 2.85. The number of fused-ring (bicyclic) bond motifs is 1. The van der Waals surface area contributed by atoms with E-state index in [1.165, 1.54) is 29.5 Å². The van der Waals surface area contributed by atoms with Crippen LogP contribution in [0.3, 0.4) is 0 Å². The summed E-state index contributed by atoms with van der Waals surface area (Å²) >= 11 is 0. The molecule has 1 fully saturated rings. The third-order valence-corrected chi connectivity index (χ3v) is 8.19. The molecule has 1 aromatic carbocycles. The second-order valence-electron chi connectivity index (χ2n) is 11.5. The van der Waals surface area contributed by atoms with Gasteiger partial charge in [0.25, 0.3) is 0 Å². The largest absolute Gasteiger partial charge is 0.396 e. The lowest BCUT2D eigenvalue weighted by molar-refractivity contribution is 0.107. The molecule has 1 atom stereocenters. The van der Waals surface area contributed by atoms with Gasteiger partial charge in [0.05, 0.1) is 12.3 Å². The van der Waals surface area contributed by atoms with Crippen LogP contribution in [0.25, 0.3) is 11.3 Å². The van der Waals surface area contributed by atoms with Crippen LogP contribution < -0.4 is 4.90 Å². The maximum Gasteiger partial charge on any atom is 0.129 e. The molecule has 1 saturated heterocycles. The smallest absolute Gasteiger partial charge is 0.129 e. The van der Waals surface area contributed by atoms with Crippen LogP contribution in [-0.4, -0.2) is 65.5 Å².